The molecule has 0 aliphatic carbocycles. The predicted molar refractivity (Wildman–Crippen MR) is 75.0 cm³/mol. The van der Waals surface area contributed by atoms with Crippen LogP contribution in [0.4, 0.5) is 5.69 Å². The van der Waals surface area contributed by atoms with Crippen LogP contribution >= 0.6 is 0 Å². The number of benzene rings is 2. The quantitative estimate of drug-likeness (QED) is 0.511. The average molecular weight is 243 g/mol. The first-order chi connectivity index (χ1) is 8.44. The third-order valence-corrected chi connectivity index (χ3v) is 2.48. The highest BCUT2D eigenvalue weighted by molar-refractivity contribution is 5.66. The van der Waals surface area contributed by atoms with E-state index in [1.54, 1.807) is 0 Å². The summed E-state index contributed by atoms with van der Waals surface area (Å²) in [5.74, 6) is 0.863. The van der Waals surface area contributed by atoms with Crippen LogP contribution in [0, 0.1) is 0 Å². The van der Waals surface area contributed by atoms with Gasteiger partial charge in [0.25, 0.3) is 0 Å². The summed E-state index contributed by atoms with van der Waals surface area (Å²) in [6.45, 7) is 0. The zero-order chi connectivity index (χ0) is 13.2. The lowest BCUT2D eigenvalue weighted by Crippen LogP contribution is -2.37. The molecule has 2 aromatic carbocycles. The molecule has 0 heterocycles. The van der Waals surface area contributed by atoms with Crippen LogP contribution in [-0.2, 0) is 0 Å². The van der Waals surface area contributed by atoms with Crippen LogP contribution in [0.2, 0.25) is 0 Å². The summed E-state index contributed by atoms with van der Waals surface area (Å²) < 4.78 is 0.446. The Labute approximate surface area is 108 Å². The van der Waals surface area contributed by atoms with E-state index in [1.807, 2.05) is 57.5 Å². The first-order valence-electron chi connectivity index (χ1n) is 5.91. The van der Waals surface area contributed by atoms with Crippen LogP contribution in [0.15, 0.2) is 48.5 Å². The SMILES string of the molecule is C[N+](C)(C)Oc1ccc(-c2ccc(N)cc2)cc1. The van der Waals surface area contributed by atoms with Gasteiger partial charge in [-0.15, -0.1) is 4.65 Å². The minimum Gasteiger partial charge on any atom is -0.399 e. The number of anilines is 1. The summed E-state index contributed by atoms with van der Waals surface area (Å²) in [6.07, 6.45) is 0. The second-order valence-electron chi connectivity index (χ2n) is 5.13. The number of hydroxylamine groups is 3. The number of hydrogen-bond donors (Lipinski definition) is 1. The molecular formula is C15H19N2O+. The topological polar surface area (TPSA) is 35.2 Å². The number of hydrogen-bond acceptors (Lipinski definition) is 2. The fraction of sp³-hybridized carbons (Fsp3) is 0.200. The summed E-state index contributed by atoms with van der Waals surface area (Å²) in [5.41, 5.74) is 8.77. The molecule has 2 aromatic rings. The smallest absolute Gasteiger partial charge is 0.190 e. The molecule has 0 saturated heterocycles. The second kappa shape index (κ2) is 4.70. The van der Waals surface area contributed by atoms with Gasteiger partial charge in [0.15, 0.2) is 5.75 Å². The Morgan fingerprint density at radius 2 is 1.22 bits per heavy atom. The standard InChI is InChI=1S/C15H19N2O/c1-17(2,3)18-15-10-6-13(7-11-15)12-4-8-14(16)9-5-12/h4-11H,16H2,1-3H3/q+1. The van der Waals surface area contributed by atoms with Crippen molar-refractivity contribution in [1.82, 2.24) is 0 Å². The van der Waals surface area contributed by atoms with Gasteiger partial charge in [-0.25, -0.2) is 0 Å². The number of quaternary nitrogens is 1. The monoisotopic (exact) mass is 243 g/mol. The van der Waals surface area contributed by atoms with Gasteiger partial charge in [0.2, 0.25) is 0 Å². The van der Waals surface area contributed by atoms with E-state index in [4.69, 9.17) is 10.6 Å². The molecule has 3 nitrogen and oxygen atoms in total. The number of nitrogens with zero attached hydrogens (tertiary/aromatic N) is 1. The molecule has 0 spiro atoms. The van der Waals surface area contributed by atoms with Gasteiger partial charge >= 0.3 is 0 Å². The van der Waals surface area contributed by atoms with E-state index >= 15 is 0 Å². The van der Waals surface area contributed by atoms with Crippen molar-refractivity contribution in [2.45, 2.75) is 0 Å². The summed E-state index contributed by atoms with van der Waals surface area (Å²) in [5, 5.41) is 0. The van der Waals surface area contributed by atoms with Crippen molar-refractivity contribution < 1.29 is 9.48 Å². The van der Waals surface area contributed by atoms with E-state index in [-0.39, 0.29) is 0 Å². The highest BCUT2D eigenvalue weighted by Crippen LogP contribution is 2.23. The van der Waals surface area contributed by atoms with Gasteiger partial charge in [-0.1, -0.05) is 24.3 Å². The molecule has 94 valence electrons. The summed E-state index contributed by atoms with van der Waals surface area (Å²) in [7, 11) is 5.94. The second-order valence-corrected chi connectivity index (χ2v) is 5.13. The lowest BCUT2D eigenvalue weighted by molar-refractivity contribution is -1.03. The molecule has 0 atom stereocenters. The van der Waals surface area contributed by atoms with Crippen LogP contribution in [-0.4, -0.2) is 25.8 Å². The Hall–Kier alpha value is -2.00. The highest BCUT2D eigenvalue weighted by Gasteiger charge is 2.09. The maximum absolute atomic E-state index is 5.73. The van der Waals surface area contributed by atoms with Gasteiger partial charge in [0.1, 0.15) is 21.1 Å². The van der Waals surface area contributed by atoms with E-state index in [1.165, 1.54) is 0 Å². The molecule has 0 saturated carbocycles. The zero-order valence-corrected chi connectivity index (χ0v) is 11.1. The Bertz CT molecular complexity index is 510. The third kappa shape index (κ3) is 3.25. The van der Waals surface area contributed by atoms with E-state index < -0.39 is 0 Å². The van der Waals surface area contributed by atoms with Crippen molar-refractivity contribution in [3.05, 3.63) is 48.5 Å². The maximum Gasteiger partial charge on any atom is 0.190 e. The first kappa shape index (κ1) is 12.5. The molecule has 0 fully saturated rings. The zero-order valence-electron chi connectivity index (χ0n) is 11.1. The minimum atomic E-state index is 0.446. The van der Waals surface area contributed by atoms with Gasteiger partial charge in [-0.3, -0.25) is 0 Å². The molecule has 0 unspecified atom stereocenters. The molecule has 18 heavy (non-hydrogen) atoms. The van der Waals surface area contributed by atoms with Crippen LogP contribution in [0.5, 0.6) is 5.75 Å². The van der Waals surface area contributed by atoms with Crippen LogP contribution < -0.4 is 10.6 Å². The van der Waals surface area contributed by atoms with Gasteiger partial charge in [0, 0.05) is 5.69 Å². The number of rotatable bonds is 3. The molecule has 3 heteroatoms. The van der Waals surface area contributed by atoms with Crippen LogP contribution in [0.1, 0.15) is 0 Å². The Kier molecular flexibility index (Phi) is 3.26. The molecule has 2 rings (SSSR count). The van der Waals surface area contributed by atoms with Crippen molar-refractivity contribution in [3.63, 3.8) is 0 Å². The minimum absolute atomic E-state index is 0.446. The normalized spacial score (nSPS) is 11.3. The lowest BCUT2D eigenvalue weighted by Gasteiger charge is -2.22. The molecular weight excluding hydrogens is 224 g/mol. The van der Waals surface area contributed by atoms with Crippen molar-refractivity contribution >= 4 is 5.69 Å². The van der Waals surface area contributed by atoms with E-state index in [0.29, 0.717) is 4.65 Å². The summed E-state index contributed by atoms with van der Waals surface area (Å²) >= 11 is 0. The van der Waals surface area contributed by atoms with Crippen LogP contribution in [0.3, 0.4) is 0 Å². The fourth-order valence-corrected chi connectivity index (χ4v) is 1.70. The average Bonchev–Trinajstić information content (AvgIpc) is 2.29. The number of nitrogens with two attached hydrogens (primary N) is 1. The molecule has 0 aromatic heterocycles. The summed E-state index contributed by atoms with van der Waals surface area (Å²) in [4.78, 5) is 5.73. The van der Waals surface area contributed by atoms with Gasteiger partial charge in [-0.05, 0) is 35.4 Å². The lowest BCUT2D eigenvalue weighted by atomic mass is 10.1. The summed E-state index contributed by atoms with van der Waals surface area (Å²) in [6, 6.07) is 15.9. The van der Waals surface area contributed by atoms with E-state index in [0.717, 1.165) is 22.6 Å². The molecule has 0 amide bonds. The van der Waals surface area contributed by atoms with Crippen LogP contribution in [0.25, 0.3) is 11.1 Å². The Morgan fingerprint density at radius 1 is 0.778 bits per heavy atom. The predicted octanol–water partition coefficient (Wildman–Crippen LogP) is 2.94. The molecule has 0 aliphatic heterocycles. The van der Waals surface area contributed by atoms with Crippen molar-refractivity contribution in [2.75, 3.05) is 26.9 Å². The largest absolute Gasteiger partial charge is 0.399 e. The first-order valence-corrected chi connectivity index (χ1v) is 5.91. The molecule has 2 N–H and O–H groups in total. The molecule has 0 bridgehead atoms. The van der Waals surface area contributed by atoms with Gasteiger partial charge in [0.05, 0.1) is 0 Å². The highest BCUT2D eigenvalue weighted by atomic mass is 16.7. The molecule has 0 aliphatic rings. The third-order valence-electron chi connectivity index (χ3n) is 2.48. The van der Waals surface area contributed by atoms with Crippen molar-refractivity contribution in [2.24, 2.45) is 0 Å². The Balaban J connectivity index is 2.20. The fourth-order valence-electron chi connectivity index (χ4n) is 1.70. The molecule has 0 radical (unpaired) electrons. The maximum atomic E-state index is 5.73. The van der Waals surface area contributed by atoms with E-state index in [2.05, 4.69) is 12.1 Å². The van der Waals surface area contributed by atoms with E-state index in [9.17, 15) is 0 Å². The van der Waals surface area contributed by atoms with Gasteiger partial charge in [-0.2, -0.15) is 0 Å². The number of nitrogen functional groups attached to an aromatic ring is 1. The van der Waals surface area contributed by atoms with Gasteiger partial charge < -0.3 is 10.6 Å². The van der Waals surface area contributed by atoms with Crippen molar-refractivity contribution in [1.29, 1.82) is 0 Å². The van der Waals surface area contributed by atoms with Crippen molar-refractivity contribution in [3.8, 4) is 16.9 Å². The Morgan fingerprint density at radius 3 is 1.67 bits per heavy atom.